The van der Waals surface area contributed by atoms with Crippen LogP contribution >= 0.6 is 34.2 Å². The maximum absolute atomic E-state index is 5.89. The molecule has 0 amide bonds. The van der Waals surface area contributed by atoms with Crippen molar-refractivity contribution in [1.29, 1.82) is 0 Å². The molecule has 0 heterocycles. The number of unbranched alkanes of at least 4 members (excludes halogenated alkanes) is 1. The van der Waals surface area contributed by atoms with Crippen LogP contribution in [0.3, 0.4) is 0 Å². The predicted molar refractivity (Wildman–Crippen MR) is 62.8 cm³/mol. The molecule has 0 radical (unpaired) electrons. The van der Waals surface area contributed by atoms with Crippen LogP contribution in [0.15, 0.2) is 18.2 Å². The molecule has 0 aliphatic rings. The van der Waals surface area contributed by atoms with Gasteiger partial charge in [0.1, 0.15) is 0 Å². The fourth-order valence-electron chi connectivity index (χ4n) is 1.10. The lowest BCUT2D eigenvalue weighted by molar-refractivity contribution is 0.792. The van der Waals surface area contributed by atoms with Crippen molar-refractivity contribution in [2.75, 3.05) is 0 Å². The molecule has 0 atom stereocenters. The van der Waals surface area contributed by atoms with Gasteiger partial charge in [-0.15, -0.1) is 0 Å². The Balaban J connectivity index is 2.75. The molecular formula is C10H12ClI. The van der Waals surface area contributed by atoms with Gasteiger partial charge >= 0.3 is 0 Å². The van der Waals surface area contributed by atoms with Gasteiger partial charge in [0.2, 0.25) is 0 Å². The summed E-state index contributed by atoms with van der Waals surface area (Å²) in [7, 11) is 0. The van der Waals surface area contributed by atoms with E-state index in [1.807, 2.05) is 6.07 Å². The predicted octanol–water partition coefficient (Wildman–Crippen LogP) is 4.29. The Morgan fingerprint density at radius 1 is 1.42 bits per heavy atom. The van der Waals surface area contributed by atoms with E-state index in [4.69, 9.17) is 11.6 Å². The summed E-state index contributed by atoms with van der Waals surface area (Å²) in [5.74, 6) is 0. The fraction of sp³-hybridized carbons (Fsp3) is 0.400. The van der Waals surface area contributed by atoms with E-state index in [0.717, 1.165) is 11.4 Å². The van der Waals surface area contributed by atoms with Crippen LogP contribution in [0, 0.1) is 3.57 Å². The first-order valence-corrected chi connectivity index (χ1v) is 5.63. The molecule has 1 rings (SSSR count). The molecule has 0 unspecified atom stereocenters. The zero-order valence-electron chi connectivity index (χ0n) is 7.11. The average molecular weight is 295 g/mol. The molecule has 12 heavy (non-hydrogen) atoms. The summed E-state index contributed by atoms with van der Waals surface area (Å²) in [5.41, 5.74) is 1.38. The topological polar surface area (TPSA) is 0 Å². The number of benzene rings is 1. The standard InChI is InChI=1S/C10H12ClI/c1-2-3-4-8-7-9(11)5-6-10(8)12/h5-7H,2-4H2,1H3. The minimum absolute atomic E-state index is 0.849. The first-order valence-electron chi connectivity index (χ1n) is 4.18. The second-order valence-corrected chi connectivity index (χ2v) is 4.44. The Morgan fingerprint density at radius 2 is 2.17 bits per heavy atom. The van der Waals surface area contributed by atoms with E-state index in [-0.39, 0.29) is 0 Å². The van der Waals surface area contributed by atoms with E-state index in [0.29, 0.717) is 0 Å². The molecule has 0 aliphatic heterocycles. The summed E-state index contributed by atoms with van der Waals surface area (Å²) in [6.45, 7) is 2.21. The van der Waals surface area contributed by atoms with E-state index in [1.54, 1.807) is 0 Å². The van der Waals surface area contributed by atoms with Gasteiger partial charge in [-0.2, -0.15) is 0 Å². The SMILES string of the molecule is CCCCc1cc(Cl)ccc1I. The zero-order valence-corrected chi connectivity index (χ0v) is 10.0. The summed E-state index contributed by atoms with van der Waals surface area (Å²) < 4.78 is 1.32. The number of hydrogen-bond acceptors (Lipinski definition) is 0. The minimum atomic E-state index is 0.849. The summed E-state index contributed by atoms with van der Waals surface area (Å²) in [6.07, 6.45) is 3.63. The summed E-state index contributed by atoms with van der Waals surface area (Å²) in [6, 6.07) is 6.09. The maximum Gasteiger partial charge on any atom is 0.0409 e. The zero-order chi connectivity index (χ0) is 8.97. The van der Waals surface area contributed by atoms with Crippen molar-refractivity contribution in [3.8, 4) is 0 Å². The molecule has 0 saturated carbocycles. The number of halogens is 2. The van der Waals surface area contributed by atoms with Crippen molar-refractivity contribution in [1.82, 2.24) is 0 Å². The number of aryl methyl sites for hydroxylation is 1. The van der Waals surface area contributed by atoms with Gasteiger partial charge < -0.3 is 0 Å². The highest BCUT2D eigenvalue weighted by atomic mass is 127. The van der Waals surface area contributed by atoms with Crippen molar-refractivity contribution < 1.29 is 0 Å². The van der Waals surface area contributed by atoms with Crippen molar-refractivity contribution in [3.05, 3.63) is 32.4 Å². The van der Waals surface area contributed by atoms with Crippen molar-refractivity contribution in [2.45, 2.75) is 26.2 Å². The molecule has 0 aromatic heterocycles. The quantitative estimate of drug-likeness (QED) is 0.730. The molecule has 0 spiro atoms. The van der Waals surface area contributed by atoms with E-state index in [1.165, 1.54) is 22.0 Å². The van der Waals surface area contributed by atoms with Crippen LogP contribution in [-0.2, 0) is 6.42 Å². The molecule has 2 heteroatoms. The lowest BCUT2D eigenvalue weighted by Crippen LogP contribution is -1.88. The second kappa shape index (κ2) is 5.07. The van der Waals surface area contributed by atoms with Crippen LogP contribution in [0.5, 0.6) is 0 Å². The Bertz CT molecular complexity index is 258. The molecule has 0 saturated heterocycles. The molecule has 0 fully saturated rings. The van der Waals surface area contributed by atoms with Gasteiger partial charge in [0.15, 0.2) is 0 Å². The third-order valence-electron chi connectivity index (χ3n) is 1.81. The normalized spacial score (nSPS) is 10.2. The van der Waals surface area contributed by atoms with Crippen molar-refractivity contribution in [2.24, 2.45) is 0 Å². The Morgan fingerprint density at radius 3 is 2.83 bits per heavy atom. The Hall–Kier alpha value is 0.240. The van der Waals surface area contributed by atoms with Gasteiger partial charge in [0.05, 0.1) is 0 Å². The molecule has 0 aliphatic carbocycles. The van der Waals surface area contributed by atoms with Gasteiger partial charge in [-0.05, 0) is 59.2 Å². The van der Waals surface area contributed by atoms with Crippen LogP contribution < -0.4 is 0 Å². The third-order valence-corrected chi connectivity index (χ3v) is 3.09. The largest absolute Gasteiger partial charge is 0.0843 e. The van der Waals surface area contributed by atoms with Gasteiger partial charge in [-0.25, -0.2) is 0 Å². The summed E-state index contributed by atoms with van der Waals surface area (Å²) in [4.78, 5) is 0. The monoisotopic (exact) mass is 294 g/mol. The number of rotatable bonds is 3. The molecule has 0 bridgehead atoms. The van der Waals surface area contributed by atoms with E-state index >= 15 is 0 Å². The van der Waals surface area contributed by atoms with Gasteiger partial charge in [-0.1, -0.05) is 24.9 Å². The highest BCUT2D eigenvalue weighted by molar-refractivity contribution is 14.1. The van der Waals surface area contributed by atoms with Gasteiger partial charge in [0, 0.05) is 8.59 Å². The van der Waals surface area contributed by atoms with Crippen LogP contribution in [0.4, 0.5) is 0 Å². The molecule has 1 aromatic rings. The average Bonchev–Trinajstić information content (AvgIpc) is 2.07. The maximum atomic E-state index is 5.89. The third kappa shape index (κ3) is 2.94. The molecule has 0 nitrogen and oxygen atoms in total. The number of hydrogen-bond donors (Lipinski definition) is 0. The molecule has 1 aromatic carbocycles. The highest BCUT2D eigenvalue weighted by Crippen LogP contribution is 2.19. The molecular weight excluding hydrogens is 282 g/mol. The first kappa shape index (κ1) is 10.3. The highest BCUT2D eigenvalue weighted by Gasteiger charge is 1.99. The molecule has 0 N–H and O–H groups in total. The van der Waals surface area contributed by atoms with Crippen molar-refractivity contribution in [3.63, 3.8) is 0 Å². The smallest absolute Gasteiger partial charge is 0.0409 e. The second-order valence-electron chi connectivity index (χ2n) is 2.84. The van der Waals surface area contributed by atoms with Crippen LogP contribution in [0.2, 0.25) is 5.02 Å². The Kier molecular flexibility index (Phi) is 4.36. The summed E-state index contributed by atoms with van der Waals surface area (Å²) in [5, 5.41) is 0.849. The lowest BCUT2D eigenvalue weighted by atomic mass is 10.1. The summed E-state index contributed by atoms with van der Waals surface area (Å²) >= 11 is 8.25. The van der Waals surface area contributed by atoms with Crippen molar-refractivity contribution >= 4 is 34.2 Å². The van der Waals surface area contributed by atoms with Gasteiger partial charge in [-0.3, -0.25) is 0 Å². The molecule has 66 valence electrons. The van der Waals surface area contributed by atoms with E-state index in [2.05, 4.69) is 41.6 Å². The van der Waals surface area contributed by atoms with Crippen LogP contribution in [-0.4, -0.2) is 0 Å². The van der Waals surface area contributed by atoms with E-state index in [9.17, 15) is 0 Å². The van der Waals surface area contributed by atoms with Crippen LogP contribution in [0.1, 0.15) is 25.3 Å². The lowest BCUT2D eigenvalue weighted by Gasteiger charge is -2.03. The minimum Gasteiger partial charge on any atom is -0.0843 e. The van der Waals surface area contributed by atoms with E-state index < -0.39 is 0 Å². The van der Waals surface area contributed by atoms with Crippen LogP contribution in [0.25, 0.3) is 0 Å². The van der Waals surface area contributed by atoms with Gasteiger partial charge in [0.25, 0.3) is 0 Å². The Labute approximate surface area is 92.5 Å². The first-order chi connectivity index (χ1) is 5.74. The fourth-order valence-corrected chi connectivity index (χ4v) is 1.90.